The number of anilines is 1. The summed E-state index contributed by atoms with van der Waals surface area (Å²) in [6.45, 7) is 4.07. The second kappa shape index (κ2) is 8.52. The number of hydrogen-bond acceptors (Lipinski definition) is 5. The predicted molar refractivity (Wildman–Crippen MR) is 113 cm³/mol. The van der Waals surface area contributed by atoms with Crippen molar-refractivity contribution in [1.29, 1.82) is 0 Å². The zero-order valence-corrected chi connectivity index (χ0v) is 18.3. The molecule has 154 valence electrons. The van der Waals surface area contributed by atoms with Crippen molar-refractivity contribution in [2.24, 2.45) is 0 Å². The number of carbonyl (C=O) groups is 1. The van der Waals surface area contributed by atoms with Gasteiger partial charge in [0.05, 0.1) is 10.4 Å². The van der Waals surface area contributed by atoms with Crippen LogP contribution in [0.3, 0.4) is 0 Å². The molecule has 0 bridgehead atoms. The van der Waals surface area contributed by atoms with Crippen LogP contribution in [0.2, 0.25) is 0 Å². The van der Waals surface area contributed by atoms with E-state index < -0.39 is 21.7 Å². The maximum absolute atomic E-state index is 12.5. The van der Waals surface area contributed by atoms with Gasteiger partial charge in [0.2, 0.25) is 15.9 Å². The molecule has 8 nitrogen and oxygen atoms in total. The molecule has 0 radical (unpaired) electrons. The van der Waals surface area contributed by atoms with Gasteiger partial charge in [0.1, 0.15) is 6.54 Å². The van der Waals surface area contributed by atoms with Crippen LogP contribution >= 0.6 is 15.9 Å². The summed E-state index contributed by atoms with van der Waals surface area (Å²) in [5, 5.41) is 2.66. The summed E-state index contributed by atoms with van der Waals surface area (Å²) in [7, 11) is -3.56. The van der Waals surface area contributed by atoms with Crippen molar-refractivity contribution < 1.29 is 17.6 Å². The molecule has 0 spiro atoms. The molecule has 0 aliphatic heterocycles. The van der Waals surface area contributed by atoms with Crippen LogP contribution < -0.4 is 11.1 Å². The lowest BCUT2D eigenvalue weighted by Crippen LogP contribution is -2.30. The van der Waals surface area contributed by atoms with Gasteiger partial charge in [-0.15, -0.1) is 0 Å². The Balaban J connectivity index is 1.75. The number of nitrogens with zero attached hydrogens (tertiary/aromatic N) is 2. The van der Waals surface area contributed by atoms with Gasteiger partial charge >= 0.3 is 5.76 Å². The van der Waals surface area contributed by atoms with E-state index in [4.69, 9.17) is 4.42 Å². The smallest absolute Gasteiger partial charge is 0.408 e. The highest BCUT2D eigenvalue weighted by Crippen LogP contribution is 2.20. The predicted octanol–water partition coefficient (Wildman–Crippen LogP) is 3.03. The average Bonchev–Trinajstić information content (AvgIpc) is 2.97. The van der Waals surface area contributed by atoms with Crippen LogP contribution in [0.1, 0.15) is 13.8 Å². The molecule has 0 aliphatic rings. The molecule has 0 atom stereocenters. The number of nitrogens with one attached hydrogen (secondary N) is 1. The monoisotopic (exact) mass is 481 g/mol. The Morgan fingerprint density at radius 3 is 2.41 bits per heavy atom. The van der Waals surface area contributed by atoms with Gasteiger partial charge in [0.15, 0.2) is 5.58 Å². The van der Waals surface area contributed by atoms with Crippen molar-refractivity contribution in [3.63, 3.8) is 0 Å². The SMILES string of the molecule is CCN(CC)S(=O)(=O)c1ccc(NC(=O)Cn2c(=O)oc3cc(Br)ccc32)cc1. The summed E-state index contributed by atoms with van der Waals surface area (Å²) >= 11 is 3.30. The van der Waals surface area contributed by atoms with Gasteiger partial charge in [-0.2, -0.15) is 4.31 Å². The topological polar surface area (TPSA) is 102 Å². The fourth-order valence-electron chi connectivity index (χ4n) is 2.96. The molecule has 2 aromatic carbocycles. The number of amides is 1. The second-order valence-corrected chi connectivity index (χ2v) is 9.08. The van der Waals surface area contributed by atoms with E-state index in [-0.39, 0.29) is 11.4 Å². The zero-order valence-electron chi connectivity index (χ0n) is 15.9. The molecule has 0 unspecified atom stereocenters. The maximum atomic E-state index is 12.5. The minimum absolute atomic E-state index is 0.154. The highest BCUT2D eigenvalue weighted by molar-refractivity contribution is 9.10. The van der Waals surface area contributed by atoms with E-state index in [0.717, 1.165) is 4.47 Å². The van der Waals surface area contributed by atoms with Crippen molar-refractivity contribution in [1.82, 2.24) is 8.87 Å². The highest BCUT2D eigenvalue weighted by Gasteiger charge is 2.21. The van der Waals surface area contributed by atoms with Gasteiger partial charge < -0.3 is 9.73 Å². The molecule has 1 N–H and O–H groups in total. The largest absolute Gasteiger partial charge is 0.420 e. The molecule has 0 saturated carbocycles. The number of benzene rings is 2. The number of aromatic nitrogens is 1. The Hall–Kier alpha value is -2.43. The fourth-order valence-corrected chi connectivity index (χ4v) is 4.75. The fraction of sp³-hybridized carbons (Fsp3) is 0.263. The van der Waals surface area contributed by atoms with E-state index in [2.05, 4.69) is 21.2 Å². The third kappa shape index (κ3) is 4.44. The molecule has 1 heterocycles. The lowest BCUT2D eigenvalue weighted by atomic mass is 10.3. The molecular weight excluding hydrogens is 462 g/mol. The Morgan fingerprint density at radius 1 is 1.14 bits per heavy atom. The number of halogens is 1. The average molecular weight is 482 g/mol. The number of fused-ring (bicyclic) bond motifs is 1. The van der Waals surface area contributed by atoms with Crippen molar-refractivity contribution in [2.45, 2.75) is 25.3 Å². The quantitative estimate of drug-likeness (QED) is 0.558. The zero-order chi connectivity index (χ0) is 21.2. The van der Waals surface area contributed by atoms with E-state index in [9.17, 15) is 18.0 Å². The van der Waals surface area contributed by atoms with Crippen LogP contribution in [-0.4, -0.2) is 36.3 Å². The lowest BCUT2D eigenvalue weighted by Gasteiger charge is -2.18. The Morgan fingerprint density at radius 2 is 1.79 bits per heavy atom. The van der Waals surface area contributed by atoms with Crippen LogP contribution in [0, 0.1) is 0 Å². The van der Waals surface area contributed by atoms with E-state index in [1.54, 1.807) is 32.0 Å². The van der Waals surface area contributed by atoms with Crippen molar-refractivity contribution in [3.05, 3.63) is 57.5 Å². The molecule has 3 rings (SSSR count). The molecule has 10 heteroatoms. The van der Waals surface area contributed by atoms with Crippen molar-refractivity contribution in [3.8, 4) is 0 Å². The van der Waals surface area contributed by atoms with Crippen LogP contribution in [0.5, 0.6) is 0 Å². The first-order valence-corrected chi connectivity index (χ1v) is 11.2. The van der Waals surface area contributed by atoms with Crippen molar-refractivity contribution >= 4 is 48.6 Å². The first-order chi connectivity index (χ1) is 13.8. The summed E-state index contributed by atoms with van der Waals surface area (Å²) in [5.74, 6) is -1.06. The number of sulfonamides is 1. The van der Waals surface area contributed by atoms with E-state index >= 15 is 0 Å². The molecule has 1 amide bonds. The van der Waals surface area contributed by atoms with Gasteiger partial charge in [0.25, 0.3) is 0 Å². The molecular formula is C19H20BrN3O5S. The van der Waals surface area contributed by atoms with Gasteiger partial charge in [0, 0.05) is 23.2 Å². The van der Waals surface area contributed by atoms with E-state index in [1.165, 1.54) is 33.1 Å². The standard InChI is InChI=1S/C19H20BrN3O5S/c1-3-22(4-2)29(26,27)15-8-6-14(7-9-15)21-18(24)12-23-16-10-5-13(20)11-17(16)28-19(23)25/h5-11H,3-4,12H2,1-2H3,(H,21,24). The summed E-state index contributed by atoms with van der Waals surface area (Å²) in [4.78, 5) is 24.6. The third-order valence-corrected chi connectivity index (χ3v) is 6.97. The molecule has 0 fully saturated rings. The molecule has 0 aliphatic carbocycles. The molecule has 3 aromatic rings. The summed E-state index contributed by atoms with van der Waals surface area (Å²) < 4.78 is 33.5. The Bertz CT molecular complexity index is 1190. The molecule has 0 saturated heterocycles. The molecule has 1 aromatic heterocycles. The first-order valence-electron chi connectivity index (χ1n) is 8.95. The second-order valence-electron chi connectivity index (χ2n) is 6.23. The summed E-state index contributed by atoms with van der Waals surface area (Å²) in [6.07, 6.45) is 0. The van der Waals surface area contributed by atoms with Crippen molar-refractivity contribution in [2.75, 3.05) is 18.4 Å². The van der Waals surface area contributed by atoms with E-state index in [0.29, 0.717) is 29.9 Å². The van der Waals surface area contributed by atoms with Crippen LogP contribution in [-0.2, 0) is 21.4 Å². The minimum Gasteiger partial charge on any atom is -0.408 e. The number of oxazole rings is 1. The maximum Gasteiger partial charge on any atom is 0.420 e. The normalized spacial score (nSPS) is 11.9. The molecule has 29 heavy (non-hydrogen) atoms. The minimum atomic E-state index is -3.56. The Labute approximate surface area is 176 Å². The third-order valence-electron chi connectivity index (χ3n) is 4.41. The van der Waals surface area contributed by atoms with Gasteiger partial charge in [-0.1, -0.05) is 29.8 Å². The van der Waals surface area contributed by atoms with Crippen LogP contribution in [0.4, 0.5) is 5.69 Å². The van der Waals surface area contributed by atoms with E-state index in [1.807, 2.05) is 0 Å². The highest BCUT2D eigenvalue weighted by atomic mass is 79.9. The number of hydrogen-bond donors (Lipinski definition) is 1. The summed E-state index contributed by atoms with van der Waals surface area (Å²) in [5.41, 5.74) is 1.31. The number of carbonyl (C=O) groups excluding carboxylic acids is 1. The van der Waals surface area contributed by atoms with Crippen LogP contribution in [0.25, 0.3) is 11.1 Å². The van der Waals surface area contributed by atoms with Gasteiger partial charge in [-0.3, -0.25) is 9.36 Å². The Kier molecular flexibility index (Phi) is 6.25. The summed E-state index contributed by atoms with van der Waals surface area (Å²) in [6, 6.07) is 11.0. The van der Waals surface area contributed by atoms with Gasteiger partial charge in [-0.25, -0.2) is 13.2 Å². The first kappa shape index (κ1) is 21.3. The van der Waals surface area contributed by atoms with Gasteiger partial charge in [-0.05, 0) is 42.5 Å². The lowest BCUT2D eigenvalue weighted by molar-refractivity contribution is -0.116. The number of rotatable bonds is 7. The van der Waals surface area contributed by atoms with Crippen LogP contribution in [0.15, 0.2) is 61.0 Å².